The molecule has 0 radical (unpaired) electrons. The maximum atomic E-state index is 13.7. The zero-order chi connectivity index (χ0) is 21.4. The standard InChI is InChI=1S/C19H12BrF2N5O3/c20-11-1-4-13(5-2-11)25-7-8-26-17(18(25)29)24-27(19(26)30)10-16(28)23-15-9-12(21)3-6-14(15)22/h1-9H,10H2,(H,23,28). The first-order chi connectivity index (χ1) is 14.3. The van der Waals surface area contributed by atoms with Crippen molar-refractivity contribution in [1.29, 1.82) is 0 Å². The van der Waals surface area contributed by atoms with Crippen LogP contribution < -0.4 is 16.6 Å². The SMILES string of the molecule is O=C(Cn1nc2c(=O)n(-c3ccc(Br)cc3)ccn2c1=O)Nc1cc(F)ccc1F. The Morgan fingerprint density at radius 3 is 2.53 bits per heavy atom. The molecule has 0 saturated carbocycles. The molecule has 2 aromatic heterocycles. The number of hydrogen-bond donors (Lipinski definition) is 1. The molecule has 0 spiro atoms. The Bertz CT molecular complexity index is 1390. The number of fused-ring (bicyclic) bond motifs is 1. The predicted octanol–water partition coefficient (Wildman–Crippen LogP) is 2.33. The number of rotatable bonds is 4. The lowest BCUT2D eigenvalue weighted by molar-refractivity contribution is -0.117. The van der Waals surface area contributed by atoms with Crippen molar-refractivity contribution >= 4 is 33.2 Å². The van der Waals surface area contributed by atoms with Crippen LogP contribution in [0.3, 0.4) is 0 Å². The number of nitrogens with one attached hydrogen (secondary N) is 1. The van der Waals surface area contributed by atoms with Gasteiger partial charge in [0.05, 0.1) is 5.69 Å². The quantitative estimate of drug-likeness (QED) is 0.490. The molecule has 152 valence electrons. The molecule has 0 saturated heterocycles. The van der Waals surface area contributed by atoms with Gasteiger partial charge >= 0.3 is 11.2 Å². The van der Waals surface area contributed by atoms with Gasteiger partial charge < -0.3 is 5.32 Å². The lowest BCUT2D eigenvalue weighted by Crippen LogP contribution is -2.28. The Labute approximate surface area is 175 Å². The van der Waals surface area contributed by atoms with E-state index >= 15 is 0 Å². The third-order valence-corrected chi connectivity index (χ3v) is 4.77. The predicted molar refractivity (Wildman–Crippen MR) is 108 cm³/mol. The highest BCUT2D eigenvalue weighted by Gasteiger charge is 2.16. The minimum Gasteiger partial charge on any atom is -0.322 e. The third-order valence-electron chi connectivity index (χ3n) is 4.25. The minimum absolute atomic E-state index is 0.185. The van der Waals surface area contributed by atoms with Gasteiger partial charge in [0.1, 0.15) is 18.2 Å². The largest absolute Gasteiger partial charge is 0.351 e. The van der Waals surface area contributed by atoms with Gasteiger partial charge in [-0.05, 0) is 36.4 Å². The Balaban J connectivity index is 1.66. The smallest absolute Gasteiger partial charge is 0.322 e. The summed E-state index contributed by atoms with van der Waals surface area (Å²) in [5, 5.41) is 6.11. The van der Waals surface area contributed by atoms with Crippen LogP contribution in [0.15, 0.2) is 68.9 Å². The molecule has 1 amide bonds. The molecule has 1 N–H and O–H groups in total. The van der Waals surface area contributed by atoms with Crippen molar-refractivity contribution in [3.05, 3.63) is 91.8 Å². The van der Waals surface area contributed by atoms with Gasteiger partial charge in [-0.3, -0.25) is 14.2 Å². The number of aromatic nitrogens is 4. The van der Waals surface area contributed by atoms with Crippen LogP contribution in [0.4, 0.5) is 14.5 Å². The maximum absolute atomic E-state index is 13.7. The Morgan fingerprint density at radius 2 is 1.80 bits per heavy atom. The zero-order valence-electron chi connectivity index (χ0n) is 15.1. The van der Waals surface area contributed by atoms with Gasteiger partial charge in [0.25, 0.3) is 0 Å². The second-order valence-electron chi connectivity index (χ2n) is 6.26. The van der Waals surface area contributed by atoms with Crippen LogP contribution in [-0.4, -0.2) is 24.7 Å². The van der Waals surface area contributed by atoms with E-state index in [-0.39, 0.29) is 11.3 Å². The zero-order valence-corrected chi connectivity index (χ0v) is 16.6. The molecule has 0 aliphatic heterocycles. The molecule has 0 unspecified atom stereocenters. The molecule has 0 atom stereocenters. The van der Waals surface area contributed by atoms with E-state index in [2.05, 4.69) is 26.3 Å². The second-order valence-corrected chi connectivity index (χ2v) is 7.17. The number of benzene rings is 2. The fourth-order valence-electron chi connectivity index (χ4n) is 2.84. The summed E-state index contributed by atoms with van der Waals surface area (Å²) in [6, 6.07) is 9.52. The topological polar surface area (TPSA) is 90.4 Å². The van der Waals surface area contributed by atoms with Crippen LogP contribution in [-0.2, 0) is 11.3 Å². The first kappa shape index (κ1) is 19.7. The van der Waals surface area contributed by atoms with E-state index in [1.165, 1.54) is 17.0 Å². The van der Waals surface area contributed by atoms with E-state index in [9.17, 15) is 23.2 Å². The minimum atomic E-state index is -0.829. The molecule has 4 aromatic rings. The average Bonchev–Trinajstić information content (AvgIpc) is 3.02. The molecule has 0 fully saturated rings. The average molecular weight is 476 g/mol. The van der Waals surface area contributed by atoms with Gasteiger partial charge in [-0.15, -0.1) is 5.10 Å². The van der Waals surface area contributed by atoms with Crippen LogP contribution in [0.5, 0.6) is 0 Å². The Kier molecular flexibility index (Phi) is 5.04. The molecular formula is C19H12BrF2N5O3. The fraction of sp³-hybridized carbons (Fsp3) is 0.0526. The van der Waals surface area contributed by atoms with Crippen LogP contribution in [0.1, 0.15) is 0 Å². The van der Waals surface area contributed by atoms with Crippen molar-refractivity contribution in [3.63, 3.8) is 0 Å². The highest BCUT2D eigenvalue weighted by Crippen LogP contribution is 2.15. The van der Waals surface area contributed by atoms with Gasteiger partial charge in [-0.2, -0.15) is 0 Å². The molecule has 0 aliphatic carbocycles. The number of hydrogen-bond acceptors (Lipinski definition) is 4. The highest BCUT2D eigenvalue weighted by molar-refractivity contribution is 9.10. The lowest BCUT2D eigenvalue weighted by atomic mass is 10.3. The number of anilines is 1. The molecule has 4 rings (SSSR count). The second kappa shape index (κ2) is 7.67. The number of halogens is 3. The number of amides is 1. The van der Waals surface area contributed by atoms with Crippen LogP contribution >= 0.6 is 15.9 Å². The number of carbonyl (C=O) groups excluding carboxylic acids is 1. The van der Waals surface area contributed by atoms with Crippen molar-refractivity contribution in [1.82, 2.24) is 18.7 Å². The summed E-state index contributed by atoms with van der Waals surface area (Å²) in [6.45, 7) is -0.589. The molecule has 11 heteroatoms. The summed E-state index contributed by atoms with van der Waals surface area (Å²) in [7, 11) is 0. The van der Waals surface area contributed by atoms with E-state index in [1.54, 1.807) is 24.3 Å². The van der Waals surface area contributed by atoms with Crippen LogP contribution in [0.2, 0.25) is 0 Å². The van der Waals surface area contributed by atoms with E-state index in [1.807, 2.05) is 0 Å². The summed E-state index contributed by atoms with van der Waals surface area (Å²) < 4.78 is 30.8. The Hall–Kier alpha value is -3.60. The number of carbonyl (C=O) groups is 1. The summed E-state index contributed by atoms with van der Waals surface area (Å²) >= 11 is 3.31. The van der Waals surface area contributed by atoms with E-state index < -0.39 is 35.3 Å². The summed E-state index contributed by atoms with van der Waals surface area (Å²) in [5.41, 5.74) is -1.27. The first-order valence-corrected chi connectivity index (χ1v) is 9.34. The van der Waals surface area contributed by atoms with E-state index in [0.717, 1.165) is 31.8 Å². The van der Waals surface area contributed by atoms with Gasteiger partial charge in [-0.25, -0.2) is 22.7 Å². The van der Waals surface area contributed by atoms with Gasteiger partial charge in [0, 0.05) is 28.6 Å². The molecule has 0 aliphatic rings. The number of nitrogens with zero attached hydrogens (tertiary/aromatic N) is 4. The van der Waals surface area contributed by atoms with Gasteiger partial charge in [0.2, 0.25) is 11.6 Å². The van der Waals surface area contributed by atoms with Crippen LogP contribution in [0, 0.1) is 11.6 Å². The molecule has 2 aromatic carbocycles. The van der Waals surface area contributed by atoms with Crippen molar-refractivity contribution < 1.29 is 13.6 Å². The van der Waals surface area contributed by atoms with Crippen LogP contribution in [0.25, 0.3) is 11.3 Å². The fourth-order valence-corrected chi connectivity index (χ4v) is 3.10. The lowest BCUT2D eigenvalue weighted by Gasteiger charge is -2.05. The monoisotopic (exact) mass is 475 g/mol. The maximum Gasteiger partial charge on any atom is 0.351 e. The molecule has 0 bridgehead atoms. The summed E-state index contributed by atoms with van der Waals surface area (Å²) in [5.74, 6) is -2.37. The summed E-state index contributed by atoms with van der Waals surface area (Å²) in [6.07, 6.45) is 2.77. The normalized spacial score (nSPS) is 11.0. The third kappa shape index (κ3) is 3.66. The van der Waals surface area contributed by atoms with Crippen molar-refractivity contribution in [2.75, 3.05) is 5.32 Å². The molecule has 8 nitrogen and oxygen atoms in total. The van der Waals surface area contributed by atoms with Crippen molar-refractivity contribution in [2.24, 2.45) is 0 Å². The summed E-state index contributed by atoms with van der Waals surface area (Å²) in [4.78, 5) is 37.4. The van der Waals surface area contributed by atoms with Gasteiger partial charge in [0.15, 0.2) is 0 Å². The highest BCUT2D eigenvalue weighted by atomic mass is 79.9. The van der Waals surface area contributed by atoms with E-state index in [4.69, 9.17) is 0 Å². The van der Waals surface area contributed by atoms with Crippen molar-refractivity contribution in [3.8, 4) is 5.69 Å². The first-order valence-electron chi connectivity index (χ1n) is 8.55. The van der Waals surface area contributed by atoms with Gasteiger partial charge in [-0.1, -0.05) is 15.9 Å². The van der Waals surface area contributed by atoms with E-state index in [0.29, 0.717) is 5.69 Å². The van der Waals surface area contributed by atoms with Crippen molar-refractivity contribution in [2.45, 2.75) is 6.54 Å². The molecular weight excluding hydrogens is 464 g/mol. The molecule has 2 heterocycles. The Morgan fingerprint density at radius 1 is 1.07 bits per heavy atom. The molecule has 30 heavy (non-hydrogen) atoms.